The maximum Gasteiger partial charge on any atom is 0.203 e. The van der Waals surface area contributed by atoms with Gasteiger partial charge in [0.2, 0.25) is 5.82 Å². The summed E-state index contributed by atoms with van der Waals surface area (Å²) in [5.74, 6) is 0.564. The highest BCUT2D eigenvalue weighted by Crippen LogP contribution is 2.18. The summed E-state index contributed by atoms with van der Waals surface area (Å²) in [6.07, 6.45) is 1.32. The Kier molecular flexibility index (Phi) is 2.67. The lowest BCUT2D eigenvalue weighted by molar-refractivity contribution is 0.864. The summed E-state index contributed by atoms with van der Waals surface area (Å²) in [5, 5.41) is 15.2. The third-order valence-electron chi connectivity index (χ3n) is 1.71. The van der Waals surface area contributed by atoms with Crippen LogP contribution in [0.15, 0.2) is 24.5 Å². The van der Waals surface area contributed by atoms with Crippen LogP contribution in [0.4, 0.5) is 0 Å². The second-order valence-electron chi connectivity index (χ2n) is 2.89. The second-order valence-corrected chi connectivity index (χ2v) is 4.13. The summed E-state index contributed by atoms with van der Waals surface area (Å²) in [7, 11) is 0. The number of hydrogen-bond acceptors (Lipinski definition) is 4. The smallest absolute Gasteiger partial charge is 0.135 e. The third-order valence-corrected chi connectivity index (χ3v) is 2.33. The van der Waals surface area contributed by atoms with Crippen molar-refractivity contribution in [3.63, 3.8) is 0 Å². The topological polar surface area (TPSA) is 51.6 Å². The fourth-order valence-corrected chi connectivity index (χ4v) is 2.01. The molecule has 2 aromatic rings. The van der Waals surface area contributed by atoms with Gasteiger partial charge in [0.05, 0.1) is 0 Å². The average molecular weight is 298 g/mol. The van der Waals surface area contributed by atoms with Gasteiger partial charge in [-0.2, -0.15) is 0 Å². The van der Waals surface area contributed by atoms with Gasteiger partial charge in [0, 0.05) is 9.13 Å². The molecule has 0 spiro atoms. The van der Waals surface area contributed by atoms with Gasteiger partial charge in [-0.1, -0.05) is 0 Å². The van der Waals surface area contributed by atoms with E-state index in [-0.39, 0.29) is 0 Å². The monoisotopic (exact) mass is 298 g/mol. The van der Waals surface area contributed by atoms with Gasteiger partial charge in [-0.25, -0.2) is 0 Å². The molecule has 1 aromatic heterocycles. The highest BCUT2D eigenvalue weighted by Gasteiger charge is 2.02. The Hall–Kier alpha value is -1.11. The van der Waals surface area contributed by atoms with Gasteiger partial charge in [-0.3, -0.25) is 0 Å². The maximum absolute atomic E-state index is 3.90. The number of halogens is 1. The third kappa shape index (κ3) is 2.03. The van der Waals surface area contributed by atoms with E-state index in [9.17, 15) is 0 Å². The van der Waals surface area contributed by atoms with E-state index in [1.807, 2.05) is 19.1 Å². The largest absolute Gasteiger partial charge is 0.203 e. The Bertz CT molecular complexity index is 424. The van der Waals surface area contributed by atoms with Crippen LogP contribution in [0.3, 0.4) is 0 Å². The van der Waals surface area contributed by atoms with Crippen LogP contribution >= 0.6 is 22.6 Å². The molecule has 0 N–H and O–H groups in total. The van der Waals surface area contributed by atoms with Gasteiger partial charge in [-0.05, 0) is 53.3 Å². The zero-order chi connectivity index (χ0) is 9.97. The molecule has 0 bridgehead atoms. The van der Waals surface area contributed by atoms with Crippen molar-refractivity contribution in [2.75, 3.05) is 0 Å². The summed E-state index contributed by atoms with van der Waals surface area (Å²) in [4.78, 5) is 0. The van der Waals surface area contributed by atoms with Gasteiger partial charge in [0.15, 0.2) is 6.33 Å². The molecule has 0 radical (unpaired) electrons. The highest BCUT2D eigenvalue weighted by atomic mass is 127. The number of aromatic nitrogens is 4. The van der Waals surface area contributed by atoms with E-state index in [1.165, 1.54) is 11.9 Å². The summed E-state index contributed by atoms with van der Waals surface area (Å²) < 4.78 is 1.16. The summed E-state index contributed by atoms with van der Waals surface area (Å²) >= 11 is 2.26. The number of rotatable bonds is 1. The van der Waals surface area contributed by atoms with Crippen molar-refractivity contribution in [2.45, 2.75) is 6.92 Å². The Morgan fingerprint density at radius 1 is 1.07 bits per heavy atom. The Morgan fingerprint density at radius 3 is 2.43 bits per heavy atom. The number of benzene rings is 1. The summed E-state index contributed by atoms with van der Waals surface area (Å²) in [5.41, 5.74) is 2.13. The van der Waals surface area contributed by atoms with Crippen LogP contribution in [0.2, 0.25) is 0 Å². The molecule has 0 aliphatic heterocycles. The summed E-state index contributed by atoms with van der Waals surface area (Å²) in [6, 6.07) is 6.11. The average Bonchev–Trinajstić information content (AvgIpc) is 2.18. The summed E-state index contributed by atoms with van der Waals surface area (Å²) in [6.45, 7) is 2.04. The molecule has 2 rings (SSSR count). The van der Waals surface area contributed by atoms with Crippen molar-refractivity contribution in [1.82, 2.24) is 20.4 Å². The lowest BCUT2D eigenvalue weighted by Gasteiger charge is -2.00. The zero-order valence-corrected chi connectivity index (χ0v) is 9.63. The first kappa shape index (κ1) is 9.45. The molecule has 0 aliphatic rings. The first-order chi connectivity index (χ1) is 6.75. The van der Waals surface area contributed by atoms with Crippen LogP contribution in [0.25, 0.3) is 11.4 Å². The second kappa shape index (κ2) is 3.95. The molecule has 0 saturated carbocycles. The quantitative estimate of drug-likeness (QED) is 0.754. The van der Waals surface area contributed by atoms with E-state index in [1.54, 1.807) is 0 Å². The van der Waals surface area contributed by atoms with Gasteiger partial charge in [0.1, 0.15) is 0 Å². The van der Waals surface area contributed by atoms with Crippen LogP contribution in [0, 0.1) is 10.5 Å². The SMILES string of the molecule is Cc1cc(I)cc(-c2nncnn2)c1. The molecule has 70 valence electrons. The van der Waals surface area contributed by atoms with E-state index in [2.05, 4.69) is 49.1 Å². The molecule has 5 heteroatoms. The van der Waals surface area contributed by atoms with Crippen molar-refractivity contribution in [3.8, 4) is 11.4 Å². The highest BCUT2D eigenvalue weighted by molar-refractivity contribution is 14.1. The van der Waals surface area contributed by atoms with Gasteiger partial charge < -0.3 is 0 Å². The Morgan fingerprint density at radius 2 is 1.79 bits per heavy atom. The lowest BCUT2D eigenvalue weighted by atomic mass is 10.1. The number of nitrogens with zero attached hydrogens (tertiary/aromatic N) is 4. The van der Waals surface area contributed by atoms with Crippen LogP contribution in [0.1, 0.15) is 5.56 Å². The van der Waals surface area contributed by atoms with Crippen LogP contribution < -0.4 is 0 Å². The molecule has 0 atom stereocenters. The predicted molar refractivity (Wildman–Crippen MR) is 60.5 cm³/mol. The first-order valence-corrected chi connectivity index (χ1v) is 5.11. The van der Waals surface area contributed by atoms with Crippen molar-refractivity contribution in [1.29, 1.82) is 0 Å². The van der Waals surface area contributed by atoms with Crippen LogP contribution in [-0.4, -0.2) is 20.4 Å². The van der Waals surface area contributed by atoms with Gasteiger partial charge >= 0.3 is 0 Å². The van der Waals surface area contributed by atoms with Crippen molar-refractivity contribution in [2.24, 2.45) is 0 Å². The lowest BCUT2D eigenvalue weighted by Crippen LogP contribution is -1.94. The molecule has 1 heterocycles. The van der Waals surface area contributed by atoms with E-state index in [0.717, 1.165) is 9.13 Å². The van der Waals surface area contributed by atoms with Crippen molar-refractivity contribution < 1.29 is 0 Å². The van der Waals surface area contributed by atoms with E-state index >= 15 is 0 Å². The number of hydrogen-bond donors (Lipinski definition) is 0. The van der Waals surface area contributed by atoms with Gasteiger partial charge in [0.25, 0.3) is 0 Å². The molecule has 0 unspecified atom stereocenters. The first-order valence-electron chi connectivity index (χ1n) is 4.03. The van der Waals surface area contributed by atoms with Gasteiger partial charge in [-0.15, -0.1) is 20.4 Å². The Labute approximate surface area is 94.9 Å². The molecule has 4 nitrogen and oxygen atoms in total. The van der Waals surface area contributed by atoms with E-state index < -0.39 is 0 Å². The van der Waals surface area contributed by atoms with Crippen molar-refractivity contribution in [3.05, 3.63) is 33.7 Å². The molecule has 0 saturated heterocycles. The predicted octanol–water partition coefficient (Wildman–Crippen LogP) is 1.85. The van der Waals surface area contributed by atoms with Crippen LogP contribution in [0.5, 0.6) is 0 Å². The molecule has 14 heavy (non-hydrogen) atoms. The number of aryl methyl sites for hydroxylation is 1. The zero-order valence-electron chi connectivity index (χ0n) is 7.48. The minimum atomic E-state index is 0.564. The molecule has 1 aromatic carbocycles. The van der Waals surface area contributed by atoms with E-state index in [0.29, 0.717) is 5.82 Å². The maximum atomic E-state index is 3.90. The fraction of sp³-hybridized carbons (Fsp3) is 0.111. The molecular weight excluding hydrogens is 291 g/mol. The minimum Gasteiger partial charge on any atom is -0.135 e. The fourth-order valence-electron chi connectivity index (χ4n) is 1.19. The normalized spacial score (nSPS) is 10.1. The molecule has 0 fully saturated rings. The Balaban J connectivity index is 2.52. The molecular formula is C9H7IN4. The molecule has 0 amide bonds. The van der Waals surface area contributed by atoms with E-state index in [4.69, 9.17) is 0 Å². The minimum absolute atomic E-state index is 0.564. The van der Waals surface area contributed by atoms with Crippen LogP contribution in [-0.2, 0) is 0 Å². The molecule has 0 aliphatic carbocycles. The standard InChI is InChI=1S/C9H7IN4/c1-6-2-7(4-8(10)3-6)9-13-11-5-12-14-9/h2-5H,1H3. The van der Waals surface area contributed by atoms with Crippen molar-refractivity contribution >= 4 is 22.6 Å².